The zero-order valence-electron chi connectivity index (χ0n) is 11.8. The predicted octanol–water partition coefficient (Wildman–Crippen LogP) is 3.10. The number of nitrogens with two attached hydrogens (primary N) is 1. The van der Waals surface area contributed by atoms with Crippen molar-refractivity contribution in [1.29, 1.82) is 0 Å². The lowest BCUT2D eigenvalue weighted by Crippen LogP contribution is -2.35. The number of carbonyl (C=O) groups is 1. The minimum absolute atomic E-state index is 0. The second kappa shape index (κ2) is 6.55. The average Bonchev–Trinajstić information content (AvgIpc) is 2.83. The van der Waals surface area contributed by atoms with E-state index in [0.717, 1.165) is 50.0 Å². The first kappa shape index (κ1) is 16.6. The van der Waals surface area contributed by atoms with Gasteiger partial charge >= 0.3 is 0 Å². The minimum Gasteiger partial charge on any atom is -0.398 e. The van der Waals surface area contributed by atoms with Gasteiger partial charge in [-0.05, 0) is 42.9 Å². The molecule has 0 bridgehead atoms. The topological polar surface area (TPSA) is 55.6 Å². The summed E-state index contributed by atoms with van der Waals surface area (Å²) in [6, 6.07) is 5.45. The van der Waals surface area contributed by atoms with Gasteiger partial charge in [0, 0.05) is 36.5 Å². The molecule has 2 heterocycles. The van der Waals surface area contributed by atoms with E-state index in [4.69, 9.17) is 10.5 Å². The maximum absolute atomic E-state index is 12.6. The molecule has 1 aromatic rings. The highest BCUT2D eigenvalue weighted by Gasteiger charge is 2.41. The molecule has 2 fully saturated rings. The van der Waals surface area contributed by atoms with Crippen molar-refractivity contribution in [2.24, 2.45) is 5.41 Å². The van der Waals surface area contributed by atoms with Crippen LogP contribution in [0.2, 0.25) is 0 Å². The van der Waals surface area contributed by atoms with Crippen LogP contribution in [0.25, 0.3) is 0 Å². The van der Waals surface area contributed by atoms with Gasteiger partial charge in [-0.2, -0.15) is 0 Å². The number of nitrogens with zero attached hydrogens (tertiary/aromatic N) is 1. The number of hydrogen-bond acceptors (Lipinski definition) is 3. The molecule has 4 nitrogen and oxygen atoms in total. The van der Waals surface area contributed by atoms with E-state index in [2.05, 4.69) is 15.9 Å². The van der Waals surface area contributed by atoms with Crippen molar-refractivity contribution >= 4 is 39.9 Å². The van der Waals surface area contributed by atoms with Gasteiger partial charge in [0.1, 0.15) is 0 Å². The Morgan fingerprint density at radius 1 is 1.29 bits per heavy atom. The van der Waals surface area contributed by atoms with E-state index in [1.54, 1.807) is 12.1 Å². The Balaban J connectivity index is 0.00000161. The lowest BCUT2D eigenvalue weighted by atomic mass is 9.80. The quantitative estimate of drug-likeness (QED) is 0.767. The van der Waals surface area contributed by atoms with Gasteiger partial charge in [-0.3, -0.25) is 4.79 Å². The van der Waals surface area contributed by atoms with E-state index in [1.165, 1.54) is 0 Å². The summed E-state index contributed by atoms with van der Waals surface area (Å²) in [6.45, 7) is 3.31. The Hall–Kier alpha value is -0.780. The van der Waals surface area contributed by atoms with E-state index >= 15 is 0 Å². The van der Waals surface area contributed by atoms with Crippen molar-refractivity contribution in [3.63, 3.8) is 0 Å². The number of carbonyl (C=O) groups excluding carboxylic acids is 1. The standard InChI is InChI=1S/C15H19BrN2O2.ClH/c16-11-1-2-12(13(17)9-11)14(19)18-6-3-15(10-18)4-7-20-8-5-15;/h1-2,9H,3-8,10,17H2;1H. The van der Waals surface area contributed by atoms with Crippen LogP contribution in [0.5, 0.6) is 0 Å². The number of likely N-dealkylation sites (tertiary alicyclic amines) is 1. The summed E-state index contributed by atoms with van der Waals surface area (Å²) in [4.78, 5) is 14.6. The molecule has 0 unspecified atom stereocenters. The maximum Gasteiger partial charge on any atom is 0.255 e. The Labute approximate surface area is 139 Å². The van der Waals surface area contributed by atoms with Crippen LogP contribution in [0.3, 0.4) is 0 Å². The largest absolute Gasteiger partial charge is 0.398 e. The van der Waals surface area contributed by atoms with Crippen molar-refractivity contribution in [1.82, 2.24) is 4.90 Å². The molecule has 0 radical (unpaired) electrons. The lowest BCUT2D eigenvalue weighted by Gasteiger charge is -2.33. The fourth-order valence-electron chi connectivity index (χ4n) is 3.22. The summed E-state index contributed by atoms with van der Waals surface area (Å²) >= 11 is 3.37. The number of ether oxygens (including phenoxy) is 1. The van der Waals surface area contributed by atoms with Gasteiger partial charge in [0.25, 0.3) is 5.91 Å². The number of amides is 1. The molecule has 0 aromatic heterocycles. The molecule has 0 saturated carbocycles. The number of anilines is 1. The number of benzene rings is 1. The Bertz CT molecular complexity index is 532. The summed E-state index contributed by atoms with van der Waals surface area (Å²) in [5, 5.41) is 0. The molecule has 2 saturated heterocycles. The smallest absolute Gasteiger partial charge is 0.255 e. The van der Waals surface area contributed by atoms with Crippen LogP contribution in [0, 0.1) is 5.41 Å². The first-order chi connectivity index (χ1) is 9.60. The number of hydrogen-bond donors (Lipinski definition) is 1. The summed E-state index contributed by atoms with van der Waals surface area (Å²) in [5.74, 6) is 0.0540. The van der Waals surface area contributed by atoms with Gasteiger partial charge in [-0.25, -0.2) is 0 Å². The molecule has 2 N–H and O–H groups in total. The van der Waals surface area contributed by atoms with Crippen LogP contribution in [0.4, 0.5) is 5.69 Å². The van der Waals surface area contributed by atoms with E-state index in [0.29, 0.717) is 11.3 Å². The second-order valence-electron chi connectivity index (χ2n) is 5.82. The second-order valence-corrected chi connectivity index (χ2v) is 6.74. The normalized spacial score (nSPS) is 20.3. The van der Waals surface area contributed by atoms with E-state index < -0.39 is 0 Å². The van der Waals surface area contributed by atoms with Gasteiger partial charge in [0.05, 0.1) is 5.56 Å². The maximum atomic E-state index is 12.6. The van der Waals surface area contributed by atoms with E-state index in [9.17, 15) is 4.79 Å². The molecule has 1 aromatic carbocycles. The van der Waals surface area contributed by atoms with Crippen LogP contribution in [-0.4, -0.2) is 37.1 Å². The Morgan fingerprint density at radius 3 is 2.67 bits per heavy atom. The highest BCUT2D eigenvalue weighted by Crippen LogP contribution is 2.40. The number of rotatable bonds is 1. The molecule has 1 amide bonds. The molecule has 0 atom stereocenters. The zero-order chi connectivity index (χ0) is 14.2. The molecule has 21 heavy (non-hydrogen) atoms. The molecule has 2 aliphatic heterocycles. The molecule has 116 valence electrons. The van der Waals surface area contributed by atoms with Crippen molar-refractivity contribution in [2.75, 3.05) is 32.0 Å². The fourth-order valence-corrected chi connectivity index (χ4v) is 3.60. The van der Waals surface area contributed by atoms with Crippen molar-refractivity contribution < 1.29 is 9.53 Å². The van der Waals surface area contributed by atoms with Crippen LogP contribution in [0.1, 0.15) is 29.6 Å². The Morgan fingerprint density at radius 2 is 2.00 bits per heavy atom. The highest BCUT2D eigenvalue weighted by atomic mass is 79.9. The molecular weight excluding hydrogens is 356 g/mol. The third-order valence-corrected chi connectivity index (χ3v) is 5.02. The first-order valence-electron chi connectivity index (χ1n) is 7.02. The lowest BCUT2D eigenvalue weighted by molar-refractivity contribution is 0.0191. The van der Waals surface area contributed by atoms with Crippen molar-refractivity contribution in [3.05, 3.63) is 28.2 Å². The number of halogens is 2. The monoisotopic (exact) mass is 374 g/mol. The fraction of sp³-hybridized carbons (Fsp3) is 0.533. The third kappa shape index (κ3) is 3.35. The van der Waals surface area contributed by atoms with Gasteiger partial charge in [0.15, 0.2) is 0 Å². The van der Waals surface area contributed by atoms with Gasteiger partial charge in [-0.15, -0.1) is 12.4 Å². The zero-order valence-corrected chi connectivity index (χ0v) is 14.2. The van der Waals surface area contributed by atoms with Crippen LogP contribution >= 0.6 is 28.3 Å². The molecule has 1 spiro atoms. The number of nitrogen functional groups attached to an aromatic ring is 1. The SMILES string of the molecule is Cl.Nc1cc(Br)ccc1C(=O)N1CCC2(CCOCC2)C1. The first-order valence-corrected chi connectivity index (χ1v) is 7.81. The van der Waals surface area contributed by atoms with Crippen LogP contribution in [0.15, 0.2) is 22.7 Å². The van der Waals surface area contributed by atoms with Gasteiger partial charge in [-0.1, -0.05) is 15.9 Å². The van der Waals surface area contributed by atoms with Crippen LogP contribution < -0.4 is 5.73 Å². The summed E-state index contributed by atoms with van der Waals surface area (Å²) < 4.78 is 6.34. The van der Waals surface area contributed by atoms with Crippen molar-refractivity contribution in [2.45, 2.75) is 19.3 Å². The third-order valence-electron chi connectivity index (χ3n) is 4.52. The van der Waals surface area contributed by atoms with E-state index in [1.807, 2.05) is 11.0 Å². The Kier molecular flexibility index (Phi) is 5.17. The molecular formula is C15H20BrClN2O2. The highest BCUT2D eigenvalue weighted by molar-refractivity contribution is 9.10. The summed E-state index contributed by atoms with van der Waals surface area (Å²) in [6.07, 6.45) is 3.21. The van der Waals surface area contributed by atoms with Gasteiger partial charge < -0.3 is 15.4 Å². The molecule has 2 aliphatic rings. The van der Waals surface area contributed by atoms with Crippen LogP contribution in [-0.2, 0) is 4.74 Å². The van der Waals surface area contributed by atoms with Gasteiger partial charge in [0.2, 0.25) is 0 Å². The summed E-state index contributed by atoms with van der Waals surface area (Å²) in [7, 11) is 0. The van der Waals surface area contributed by atoms with E-state index in [-0.39, 0.29) is 23.7 Å². The average molecular weight is 376 g/mol. The molecule has 6 heteroatoms. The summed E-state index contributed by atoms with van der Waals surface area (Å²) in [5.41, 5.74) is 7.39. The minimum atomic E-state index is 0. The molecule has 0 aliphatic carbocycles. The molecule has 3 rings (SSSR count). The predicted molar refractivity (Wildman–Crippen MR) is 88.8 cm³/mol. The van der Waals surface area contributed by atoms with Crippen molar-refractivity contribution in [3.8, 4) is 0 Å².